The van der Waals surface area contributed by atoms with E-state index in [2.05, 4.69) is 57.8 Å². The van der Waals surface area contributed by atoms with Crippen molar-refractivity contribution in [2.45, 2.75) is 52.1 Å². The molecule has 0 amide bonds. The van der Waals surface area contributed by atoms with Crippen molar-refractivity contribution in [1.29, 1.82) is 0 Å². The van der Waals surface area contributed by atoms with Gasteiger partial charge in [-0.05, 0) is 12.5 Å². The Hall–Kier alpha value is -2.44. The molecule has 0 aliphatic carbocycles. The fourth-order valence-corrected chi connectivity index (χ4v) is 2.45. The van der Waals surface area contributed by atoms with Crippen LogP contribution in [0.4, 0.5) is 0 Å². The van der Waals surface area contributed by atoms with Crippen molar-refractivity contribution in [3.63, 3.8) is 0 Å². The van der Waals surface area contributed by atoms with E-state index in [1.54, 1.807) is 6.20 Å². The zero-order chi connectivity index (χ0) is 16.4. The Labute approximate surface area is 135 Å². The van der Waals surface area contributed by atoms with Gasteiger partial charge >= 0.3 is 0 Å². The van der Waals surface area contributed by atoms with Crippen molar-refractivity contribution in [2.75, 3.05) is 0 Å². The van der Waals surface area contributed by atoms with Crippen molar-refractivity contribution in [3.8, 4) is 11.4 Å². The zero-order valence-electron chi connectivity index (χ0n) is 14.1. The van der Waals surface area contributed by atoms with Crippen LogP contribution in [0.15, 0.2) is 31.0 Å². The van der Waals surface area contributed by atoms with Gasteiger partial charge < -0.3 is 4.57 Å². The van der Waals surface area contributed by atoms with Gasteiger partial charge in [-0.2, -0.15) is 5.10 Å². The van der Waals surface area contributed by atoms with Crippen LogP contribution in [0.5, 0.6) is 0 Å². The van der Waals surface area contributed by atoms with E-state index in [0.717, 1.165) is 30.0 Å². The first-order valence-corrected chi connectivity index (χ1v) is 7.91. The van der Waals surface area contributed by atoms with E-state index in [1.807, 2.05) is 29.5 Å². The van der Waals surface area contributed by atoms with Crippen molar-refractivity contribution in [1.82, 2.24) is 34.7 Å². The molecule has 0 saturated heterocycles. The summed E-state index contributed by atoms with van der Waals surface area (Å²) in [4.78, 5) is 4.09. The molecule has 1 N–H and O–H groups in total. The smallest absolute Gasteiger partial charge is 0.133 e. The Morgan fingerprint density at radius 2 is 2.09 bits per heavy atom. The standard InChI is InChI=1S/C16H23N7/c1-5-12(9-22-7-6-17-11-22)23-10-14(19-21-23)13-8-15(20-18-13)16(2,3)4/h6-8,10-12H,5,9H2,1-4H3,(H,18,20)/t12-/m1/s1. The predicted octanol–water partition coefficient (Wildman–Crippen LogP) is 2.81. The molecule has 7 heteroatoms. The van der Waals surface area contributed by atoms with Crippen LogP contribution in [-0.2, 0) is 12.0 Å². The third-order valence-electron chi connectivity index (χ3n) is 3.98. The van der Waals surface area contributed by atoms with E-state index in [-0.39, 0.29) is 11.5 Å². The molecule has 0 fully saturated rings. The highest BCUT2D eigenvalue weighted by molar-refractivity contribution is 5.53. The van der Waals surface area contributed by atoms with Gasteiger partial charge in [0.2, 0.25) is 0 Å². The largest absolute Gasteiger partial charge is 0.335 e. The Balaban J connectivity index is 1.80. The summed E-state index contributed by atoms with van der Waals surface area (Å²) in [5.74, 6) is 0. The molecule has 0 aliphatic heterocycles. The lowest BCUT2D eigenvalue weighted by Crippen LogP contribution is -2.15. The summed E-state index contributed by atoms with van der Waals surface area (Å²) in [5.41, 5.74) is 2.75. The van der Waals surface area contributed by atoms with Gasteiger partial charge in [0.1, 0.15) is 11.4 Å². The highest BCUT2D eigenvalue weighted by Crippen LogP contribution is 2.24. The number of aromatic amines is 1. The molecule has 0 spiro atoms. The second-order valence-corrected chi connectivity index (χ2v) is 6.82. The molecule has 3 rings (SSSR count). The summed E-state index contributed by atoms with van der Waals surface area (Å²) in [6, 6.07) is 2.29. The second kappa shape index (κ2) is 5.98. The quantitative estimate of drug-likeness (QED) is 0.785. The molecular formula is C16H23N7. The Kier molecular flexibility index (Phi) is 4.02. The molecule has 0 radical (unpaired) electrons. The van der Waals surface area contributed by atoms with Crippen LogP contribution >= 0.6 is 0 Å². The maximum Gasteiger partial charge on any atom is 0.133 e. The van der Waals surface area contributed by atoms with Gasteiger partial charge in [0, 0.05) is 30.0 Å². The summed E-state index contributed by atoms with van der Waals surface area (Å²) < 4.78 is 3.97. The zero-order valence-corrected chi connectivity index (χ0v) is 14.1. The molecule has 3 aromatic rings. The molecule has 0 aromatic carbocycles. The van der Waals surface area contributed by atoms with Crippen LogP contribution in [0.1, 0.15) is 45.9 Å². The number of nitrogens with one attached hydrogen (secondary N) is 1. The fraction of sp³-hybridized carbons (Fsp3) is 0.500. The van der Waals surface area contributed by atoms with Crippen molar-refractivity contribution in [2.24, 2.45) is 0 Å². The number of H-pyrrole nitrogens is 1. The Morgan fingerprint density at radius 3 is 2.70 bits per heavy atom. The maximum atomic E-state index is 4.37. The molecule has 0 unspecified atom stereocenters. The number of aromatic nitrogens is 7. The number of rotatable bonds is 5. The second-order valence-electron chi connectivity index (χ2n) is 6.82. The van der Waals surface area contributed by atoms with Crippen LogP contribution in [0.25, 0.3) is 11.4 Å². The average molecular weight is 313 g/mol. The van der Waals surface area contributed by atoms with E-state index >= 15 is 0 Å². The van der Waals surface area contributed by atoms with Gasteiger partial charge in [-0.3, -0.25) is 5.10 Å². The molecule has 1 atom stereocenters. The predicted molar refractivity (Wildman–Crippen MR) is 87.9 cm³/mol. The first kappa shape index (κ1) is 15.5. The van der Waals surface area contributed by atoms with Gasteiger partial charge in [-0.25, -0.2) is 9.67 Å². The number of hydrogen-bond acceptors (Lipinski definition) is 4. The Morgan fingerprint density at radius 1 is 1.26 bits per heavy atom. The monoisotopic (exact) mass is 313 g/mol. The SMILES string of the molecule is CC[C@H](Cn1ccnc1)n1cc(-c2cc(C(C)(C)C)[nH]n2)nn1. The van der Waals surface area contributed by atoms with Crippen molar-refractivity contribution < 1.29 is 0 Å². The molecule has 3 heterocycles. The normalized spacial score (nSPS) is 13.4. The third-order valence-corrected chi connectivity index (χ3v) is 3.98. The van der Waals surface area contributed by atoms with Crippen molar-refractivity contribution >= 4 is 0 Å². The number of imidazole rings is 1. The first-order chi connectivity index (χ1) is 11.0. The van der Waals surface area contributed by atoms with Crippen LogP contribution in [-0.4, -0.2) is 34.7 Å². The van der Waals surface area contributed by atoms with E-state index in [1.165, 1.54) is 0 Å². The molecule has 3 aromatic heterocycles. The maximum absolute atomic E-state index is 4.37. The summed E-state index contributed by atoms with van der Waals surface area (Å²) >= 11 is 0. The highest BCUT2D eigenvalue weighted by Gasteiger charge is 2.19. The molecule has 122 valence electrons. The lowest BCUT2D eigenvalue weighted by atomic mass is 9.92. The van der Waals surface area contributed by atoms with Gasteiger partial charge in [0.15, 0.2) is 0 Å². The molecule has 7 nitrogen and oxygen atoms in total. The summed E-state index contributed by atoms with van der Waals surface area (Å²) in [5, 5.41) is 16.0. The molecule has 23 heavy (non-hydrogen) atoms. The highest BCUT2D eigenvalue weighted by atomic mass is 15.4. The van der Waals surface area contributed by atoms with E-state index in [0.29, 0.717) is 0 Å². The minimum atomic E-state index is 0.0363. The van der Waals surface area contributed by atoms with Crippen LogP contribution in [0, 0.1) is 0 Å². The van der Waals surface area contributed by atoms with Gasteiger partial charge in [0.25, 0.3) is 0 Å². The van der Waals surface area contributed by atoms with Crippen LogP contribution in [0.3, 0.4) is 0 Å². The third kappa shape index (κ3) is 3.33. The van der Waals surface area contributed by atoms with E-state index < -0.39 is 0 Å². The lowest BCUT2D eigenvalue weighted by molar-refractivity contribution is 0.376. The average Bonchev–Trinajstić information content (AvgIpc) is 3.22. The summed E-state index contributed by atoms with van der Waals surface area (Å²) in [6.45, 7) is 9.43. The summed E-state index contributed by atoms with van der Waals surface area (Å²) in [7, 11) is 0. The van der Waals surface area contributed by atoms with Gasteiger partial charge in [0.05, 0.1) is 18.6 Å². The topological polar surface area (TPSA) is 77.2 Å². The van der Waals surface area contributed by atoms with Crippen molar-refractivity contribution in [3.05, 3.63) is 36.7 Å². The minimum Gasteiger partial charge on any atom is -0.335 e. The number of hydrogen-bond donors (Lipinski definition) is 1. The Bertz CT molecular complexity index is 746. The minimum absolute atomic E-state index is 0.0363. The molecular weight excluding hydrogens is 290 g/mol. The molecule has 0 aliphatic rings. The lowest BCUT2D eigenvalue weighted by Gasteiger charge is -2.15. The van der Waals surface area contributed by atoms with Crippen LogP contribution < -0.4 is 0 Å². The first-order valence-electron chi connectivity index (χ1n) is 7.91. The van der Waals surface area contributed by atoms with E-state index in [4.69, 9.17) is 0 Å². The van der Waals surface area contributed by atoms with Gasteiger partial charge in [-0.1, -0.05) is 32.9 Å². The number of nitrogens with zero attached hydrogens (tertiary/aromatic N) is 6. The molecule has 0 bridgehead atoms. The van der Waals surface area contributed by atoms with E-state index in [9.17, 15) is 0 Å². The summed E-state index contributed by atoms with van der Waals surface area (Å²) in [6.07, 6.45) is 8.51. The van der Waals surface area contributed by atoms with Crippen LogP contribution in [0.2, 0.25) is 0 Å². The van der Waals surface area contributed by atoms with Gasteiger partial charge in [-0.15, -0.1) is 5.10 Å². The fourth-order valence-electron chi connectivity index (χ4n) is 2.45. The molecule has 0 saturated carbocycles.